The van der Waals surface area contributed by atoms with Gasteiger partial charge in [0.15, 0.2) is 0 Å². The van der Waals surface area contributed by atoms with Gasteiger partial charge in [-0.25, -0.2) is 9.37 Å². The maximum atomic E-state index is 13.2. The summed E-state index contributed by atoms with van der Waals surface area (Å²) in [6.45, 7) is 0.390. The van der Waals surface area contributed by atoms with Gasteiger partial charge in [-0.15, -0.1) is 0 Å². The van der Waals surface area contributed by atoms with E-state index in [1.807, 2.05) is 25.2 Å². The molecule has 0 radical (unpaired) electrons. The molecular weight excluding hydrogens is 305 g/mol. The first-order valence-corrected chi connectivity index (χ1v) is 8.11. The van der Waals surface area contributed by atoms with Crippen LogP contribution in [0, 0.1) is 5.82 Å². The molecular formula is C19H18FN3O. The molecule has 4 nitrogen and oxygen atoms in total. The Morgan fingerprint density at radius 1 is 1.29 bits per heavy atom. The van der Waals surface area contributed by atoms with Crippen molar-refractivity contribution >= 4 is 16.9 Å². The van der Waals surface area contributed by atoms with Crippen molar-refractivity contribution in [3.63, 3.8) is 0 Å². The molecule has 122 valence electrons. The lowest BCUT2D eigenvalue weighted by atomic mass is 10.1. The summed E-state index contributed by atoms with van der Waals surface area (Å²) < 4.78 is 15.3. The van der Waals surface area contributed by atoms with E-state index in [2.05, 4.69) is 9.88 Å². The van der Waals surface area contributed by atoms with Crippen molar-refractivity contribution in [2.75, 3.05) is 0 Å². The largest absolute Gasteiger partial charge is 0.348 e. The molecule has 1 heterocycles. The first-order chi connectivity index (χ1) is 11.6. The van der Waals surface area contributed by atoms with Crippen molar-refractivity contribution in [3.8, 4) is 0 Å². The zero-order chi connectivity index (χ0) is 16.7. The number of hydrogen-bond acceptors (Lipinski definition) is 2. The average Bonchev–Trinajstić information content (AvgIpc) is 3.37. The minimum absolute atomic E-state index is 0.283. The molecule has 1 aromatic heterocycles. The van der Waals surface area contributed by atoms with Gasteiger partial charge in [-0.05, 0) is 48.7 Å². The highest BCUT2D eigenvalue weighted by molar-refractivity contribution is 5.94. The number of carbonyl (C=O) groups is 1. The van der Waals surface area contributed by atoms with Gasteiger partial charge >= 0.3 is 0 Å². The zero-order valence-electron chi connectivity index (χ0n) is 13.4. The van der Waals surface area contributed by atoms with E-state index in [9.17, 15) is 9.18 Å². The normalized spacial score (nSPS) is 14.1. The van der Waals surface area contributed by atoms with E-state index in [0.29, 0.717) is 18.0 Å². The lowest BCUT2D eigenvalue weighted by Gasteiger charge is -2.06. The number of rotatable bonds is 4. The number of nitrogens with zero attached hydrogens (tertiary/aromatic N) is 2. The number of imidazole rings is 1. The number of aryl methyl sites for hydroxylation is 1. The number of amides is 1. The Labute approximate surface area is 139 Å². The van der Waals surface area contributed by atoms with Gasteiger partial charge < -0.3 is 9.88 Å². The maximum Gasteiger partial charge on any atom is 0.251 e. The summed E-state index contributed by atoms with van der Waals surface area (Å²) >= 11 is 0. The molecule has 0 aliphatic heterocycles. The fourth-order valence-corrected chi connectivity index (χ4v) is 2.99. The molecule has 1 saturated carbocycles. The van der Waals surface area contributed by atoms with Crippen molar-refractivity contribution in [3.05, 3.63) is 65.2 Å². The molecule has 3 aromatic rings. The van der Waals surface area contributed by atoms with Gasteiger partial charge in [-0.1, -0.05) is 12.1 Å². The van der Waals surface area contributed by atoms with E-state index in [-0.39, 0.29) is 5.91 Å². The standard InChI is InChI=1S/C19H18FN3O/c1-23-17-8-5-12(9-16(17)22-18(23)13-6-7-13)11-21-19(24)14-3-2-4-15(20)10-14/h2-5,8-10,13H,6-7,11H2,1H3,(H,21,24). The molecule has 24 heavy (non-hydrogen) atoms. The van der Waals surface area contributed by atoms with Crippen LogP contribution in [0.1, 0.15) is 40.5 Å². The van der Waals surface area contributed by atoms with Crippen LogP contribution >= 0.6 is 0 Å². The fourth-order valence-electron chi connectivity index (χ4n) is 2.99. The summed E-state index contributed by atoms with van der Waals surface area (Å²) in [6.07, 6.45) is 2.43. The summed E-state index contributed by atoms with van der Waals surface area (Å²) in [5, 5.41) is 2.82. The zero-order valence-corrected chi connectivity index (χ0v) is 13.4. The highest BCUT2D eigenvalue weighted by Gasteiger charge is 2.28. The molecule has 1 amide bonds. The predicted molar refractivity (Wildman–Crippen MR) is 90.3 cm³/mol. The number of fused-ring (bicyclic) bond motifs is 1. The number of benzene rings is 2. The van der Waals surface area contributed by atoms with E-state index in [0.717, 1.165) is 22.4 Å². The molecule has 4 rings (SSSR count). The summed E-state index contributed by atoms with van der Waals surface area (Å²) in [5.41, 5.74) is 3.37. The minimum atomic E-state index is -0.412. The van der Waals surface area contributed by atoms with E-state index in [1.54, 1.807) is 6.07 Å². The summed E-state index contributed by atoms with van der Waals surface area (Å²) in [6, 6.07) is 11.7. The van der Waals surface area contributed by atoms with Crippen LogP contribution in [0.5, 0.6) is 0 Å². The second-order valence-electron chi connectivity index (χ2n) is 6.32. The third-order valence-electron chi connectivity index (χ3n) is 4.46. The minimum Gasteiger partial charge on any atom is -0.348 e. The third-order valence-corrected chi connectivity index (χ3v) is 4.46. The molecule has 0 spiro atoms. The van der Waals surface area contributed by atoms with Crippen LogP contribution in [0.3, 0.4) is 0 Å². The quantitative estimate of drug-likeness (QED) is 0.798. The number of aromatic nitrogens is 2. The molecule has 1 N–H and O–H groups in total. The molecule has 1 aliphatic rings. The molecule has 0 unspecified atom stereocenters. The highest BCUT2D eigenvalue weighted by atomic mass is 19.1. The average molecular weight is 323 g/mol. The number of carbonyl (C=O) groups excluding carboxylic acids is 1. The molecule has 1 aliphatic carbocycles. The summed E-state index contributed by atoms with van der Waals surface area (Å²) in [5.74, 6) is 1.05. The van der Waals surface area contributed by atoms with Crippen molar-refractivity contribution in [1.29, 1.82) is 0 Å². The molecule has 5 heteroatoms. The molecule has 1 fully saturated rings. The Hall–Kier alpha value is -2.69. The Morgan fingerprint density at radius 3 is 2.88 bits per heavy atom. The van der Waals surface area contributed by atoms with Crippen LogP contribution in [0.15, 0.2) is 42.5 Å². The smallest absolute Gasteiger partial charge is 0.251 e. The van der Waals surface area contributed by atoms with E-state index in [4.69, 9.17) is 4.98 Å². The molecule has 0 atom stereocenters. The predicted octanol–water partition coefficient (Wildman–Crippen LogP) is 3.52. The Balaban J connectivity index is 1.51. The lowest BCUT2D eigenvalue weighted by molar-refractivity contribution is 0.0950. The van der Waals surface area contributed by atoms with Crippen LogP contribution in [0.25, 0.3) is 11.0 Å². The second kappa shape index (κ2) is 5.74. The van der Waals surface area contributed by atoms with Crippen LogP contribution in [0.4, 0.5) is 4.39 Å². The molecule has 2 aromatic carbocycles. The molecule has 0 saturated heterocycles. The number of hydrogen-bond donors (Lipinski definition) is 1. The first-order valence-electron chi connectivity index (χ1n) is 8.11. The Morgan fingerprint density at radius 2 is 2.12 bits per heavy atom. The van der Waals surface area contributed by atoms with Gasteiger partial charge in [0.05, 0.1) is 11.0 Å². The Bertz CT molecular complexity index is 928. The van der Waals surface area contributed by atoms with Crippen molar-refractivity contribution in [2.24, 2.45) is 7.05 Å². The van der Waals surface area contributed by atoms with Gasteiger partial charge in [-0.3, -0.25) is 4.79 Å². The van der Waals surface area contributed by atoms with Crippen molar-refractivity contribution in [1.82, 2.24) is 14.9 Å². The van der Waals surface area contributed by atoms with Crippen LogP contribution < -0.4 is 5.32 Å². The fraction of sp³-hybridized carbons (Fsp3) is 0.263. The summed E-state index contributed by atoms with van der Waals surface area (Å²) in [4.78, 5) is 16.8. The SMILES string of the molecule is Cn1c(C2CC2)nc2cc(CNC(=O)c3cccc(F)c3)ccc21. The summed E-state index contributed by atoms with van der Waals surface area (Å²) in [7, 11) is 2.05. The first kappa shape index (κ1) is 14.9. The Kier molecular flexibility index (Phi) is 3.56. The van der Waals surface area contributed by atoms with Gasteiger partial charge in [0.25, 0.3) is 5.91 Å². The lowest BCUT2D eigenvalue weighted by Crippen LogP contribution is -2.22. The monoisotopic (exact) mass is 323 g/mol. The van der Waals surface area contributed by atoms with Gasteiger partial charge in [-0.2, -0.15) is 0 Å². The van der Waals surface area contributed by atoms with E-state index in [1.165, 1.54) is 31.0 Å². The van der Waals surface area contributed by atoms with Crippen LogP contribution in [0.2, 0.25) is 0 Å². The number of halogens is 1. The number of nitrogens with one attached hydrogen (secondary N) is 1. The maximum absolute atomic E-state index is 13.2. The van der Waals surface area contributed by atoms with Crippen LogP contribution in [-0.4, -0.2) is 15.5 Å². The van der Waals surface area contributed by atoms with Gasteiger partial charge in [0.2, 0.25) is 0 Å². The van der Waals surface area contributed by atoms with E-state index >= 15 is 0 Å². The van der Waals surface area contributed by atoms with Crippen LogP contribution in [-0.2, 0) is 13.6 Å². The topological polar surface area (TPSA) is 46.9 Å². The second-order valence-corrected chi connectivity index (χ2v) is 6.32. The van der Waals surface area contributed by atoms with Gasteiger partial charge in [0.1, 0.15) is 11.6 Å². The van der Waals surface area contributed by atoms with E-state index < -0.39 is 5.82 Å². The highest BCUT2D eigenvalue weighted by Crippen LogP contribution is 2.40. The molecule has 0 bridgehead atoms. The van der Waals surface area contributed by atoms with Gasteiger partial charge in [0, 0.05) is 25.1 Å². The van der Waals surface area contributed by atoms with Crippen molar-refractivity contribution in [2.45, 2.75) is 25.3 Å². The third kappa shape index (κ3) is 2.77. The van der Waals surface area contributed by atoms with Crippen molar-refractivity contribution < 1.29 is 9.18 Å².